The Morgan fingerprint density at radius 1 is 1.50 bits per heavy atom. The molecule has 2 aromatic heterocycles. The third-order valence-electron chi connectivity index (χ3n) is 3.79. The maximum absolute atomic E-state index is 12.3. The van der Waals surface area contributed by atoms with E-state index in [1.807, 2.05) is 17.2 Å². The minimum absolute atomic E-state index is 0.181. The molecule has 0 aliphatic carbocycles. The second-order valence-electron chi connectivity index (χ2n) is 4.89. The second kappa shape index (κ2) is 4.12. The molecule has 0 saturated carbocycles. The van der Waals surface area contributed by atoms with Gasteiger partial charge in [-0.2, -0.15) is 0 Å². The summed E-state index contributed by atoms with van der Waals surface area (Å²) >= 11 is 0. The minimum atomic E-state index is 0.181. The lowest BCUT2D eigenvalue weighted by atomic mass is 10.1. The average Bonchev–Trinajstić information content (AvgIpc) is 2.73. The van der Waals surface area contributed by atoms with Crippen molar-refractivity contribution >= 4 is 22.6 Å². The lowest BCUT2D eigenvalue weighted by Crippen LogP contribution is -2.38. The molecule has 4 heteroatoms. The van der Waals surface area contributed by atoms with Gasteiger partial charge in [0.1, 0.15) is 5.82 Å². The zero-order valence-corrected chi connectivity index (χ0v) is 10.7. The van der Waals surface area contributed by atoms with Crippen LogP contribution < -0.4 is 4.90 Å². The zero-order valence-electron chi connectivity index (χ0n) is 10.7. The fourth-order valence-electron chi connectivity index (χ4n) is 2.62. The van der Waals surface area contributed by atoms with Crippen LogP contribution in [0.1, 0.15) is 32.3 Å². The predicted molar refractivity (Wildman–Crippen MR) is 71.7 cm³/mol. The molecule has 3 rings (SSSR count). The molecule has 0 radical (unpaired) electrons. The van der Waals surface area contributed by atoms with E-state index in [1.54, 1.807) is 6.20 Å². The van der Waals surface area contributed by atoms with Gasteiger partial charge >= 0.3 is 0 Å². The van der Waals surface area contributed by atoms with Crippen LogP contribution >= 0.6 is 0 Å². The van der Waals surface area contributed by atoms with Crippen LogP contribution in [0.25, 0.3) is 10.9 Å². The number of aromatic amines is 1. The van der Waals surface area contributed by atoms with Crippen molar-refractivity contribution in [2.75, 3.05) is 4.90 Å². The van der Waals surface area contributed by atoms with Crippen LogP contribution in [0, 0.1) is 0 Å². The molecular weight excluding hydrogens is 226 g/mol. The monoisotopic (exact) mass is 243 g/mol. The molecule has 1 N–H and O–H groups in total. The zero-order chi connectivity index (χ0) is 12.7. The number of nitrogens with zero attached hydrogens (tertiary/aromatic N) is 2. The van der Waals surface area contributed by atoms with Crippen molar-refractivity contribution in [1.29, 1.82) is 0 Å². The fourth-order valence-corrected chi connectivity index (χ4v) is 2.62. The van der Waals surface area contributed by atoms with Crippen molar-refractivity contribution in [1.82, 2.24) is 9.97 Å². The fraction of sp³-hybridized carbons (Fsp3) is 0.429. The van der Waals surface area contributed by atoms with Gasteiger partial charge in [-0.25, -0.2) is 4.98 Å². The summed E-state index contributed by atoms with van der Waals surface area (Å²) < 4.78 is 0. The molecule has 0 bridgehead atoms. The topological polar surface area (TPSA) is 49.0 Å². The Morgan fingerprint density at radius 2 is 2.33 bits per heavy atom. The number of hydrogen-bond acceptors (Lipinski definition) is 2. The van der Waals surface area contributed by atoms with Crippen LogP contribution in [0.4, 0.5) is 5.82 Å². The Balaban J connectivity index is 2.25. The summed E-state index contributed by atoms with van der Waals surface area (Å²) in [7, 11) is 0. The molecule has 18 heavy (non-hydrogen) atoms. The summed E-state index contributed by atoms with van der Waals surface area (Å²) in [5.41, 5.74) is 2.27. The van der Waals surface area contributed by atoms with Crippen molar-refractivity contribution in [3.63, 3.8) is 0 Å². The molecule has 1 unspecified atom stereocenters. The summed E-state index contributed by atoms with van der Waals surface area (Å²) in [6.45, 7) is 4.18. The number of rotatable bonds is 2. The van der Waals surface area contributed by atoms with Gasteiger partial charge in [-0.05, 0) is 31.4 Å². The molecule has 0 aromatic carbocycles. The van der Waals surface area contributed by atoms with E-state index in [9.17, 15) is 4.79 Å². The first-order valence-electron chi connectivity index (χ1n) is 6.49. The Hall–Kier alpha value is -1.84. The number of pyridine rings is 1. The highest BCUT2D eigenvalue weighted by Gasteiger charge is 2.28. The summed E-state index contributed by atoms with van der Waals surface area (Å²) in [6, 6.07) is 2.16. The highest BCUT2D eigenvalue weighted by Crippen LogP contribution is 2.33. The van der Waals surface area contributed by atoms with Gasteiger partial charge in [-0.1, -0.05) is 6.92 Å². The quantitative estimate of drug-likeness (QED) is 0.881. The number of nitrogens with one attached hydrogen (secondary N) is 1. The van der Waals surface area contributed by atoms with Crippen LogP contribution in [0.2, 0.25) is 0 Å². The molecule has 1 atom stereocenters. The van der Waals surface area contributed by atoms with Gasteiger partial charge in [0.15, 0.2) is 0 Å². The number of hydrogen-bond donors (Lipinski definition) is 1. The number of H-pyrrole nitrogens is 1. The smallest absolute Gasteiger partial charge is 0.228 e. The molecule has 1 aliphatic rings. The Labute approximate surface area is 106 Å². The highest BCUT2D eigenvalue weighted by atomic mass is 16.2. The molecule has 4 nitrogen and oxygen atoms in total. The van der Waals surface area contributed by atoms with Gasteiger partial charge in [0.05, 0.1) is 5.52 Å². The van der Waals surface area contributed by atoms with Gasteiger partial charge in [-0.3, -0.25) is 9.69 Å². The van der Waals surface area contributed by atoms with E-state index in [4.69, 9.17) is 0 Å². The van der Waals surface area contributed by atoms with Crippen molar-refractivity contribution in [2.24, 2.45) is 0 Å². The van der Waals surface area contributed by atoms with Gasteiger partial charge < -0.3 is 4.98 Å². The van der Waals surface area contributed by atoms with E-state index in [0.717, 1.165) is 29.6 Å². The molecule has 1 aliphatic heterocycles. The van der Waals surface area contributed by atoms with E-state index in [0.29, 0.717) is 6.42 Å². The summed E-state index contributed by atoms with van der Waals surface area (Å²) in [5, 5.41) is 1.11. The van der Waals surface area contributed by atoms with Gasteiger partial charge in [0.25, 0.3) is 0 Å². The number of carbonyl (C=O) groups is 1. The third kappa shape index (κ3) is 1.52. The van der Waals surface area contributed by atoms with Gasteiger partial charge in [0.2, 0.25) is 5.91 Å². The number of amides is 1. The molecule has 3 heterocycles. The van der Waals surface area contributed by atoms with Crippen molar-refractivity contribution in [3.8, 4) is 0 Å². The summed E-state index contributed by atoms with van der Waals surface area (Å²) in [6.07, 6.45) is 6.07. The van der Waals surface area contributed by atoms with E-state index in [1.165, 1.54) is 5.56 Å². The van der Waals surface area contributed by atoms with Gasteiger partial charge in [-0.15, -0.1) is 0 Å². The molecular formula is C14H17N3O. The molecule has 0 saturated heterocycles. The lowest BCUT2D eigenvalue weighted by molar-refractivity contribution is -0.119. The number of carbonyl (C=O) groups excluding carboxylic acids is 1. The lowest BCUT2D eigenvalue weighted by Gasteiger charge is -2.27. The van der Waals surface area contributed by atoms with E-state index in [2.05, 4.69) is 23.8 Å². The Bertz CT molecular complexity index is 602. The molecule has 94 valence electrons. The molecule has 0 spiro atoms. The van der Waals surface area contributed by atoms with E-state index >= 15 is 0 Å². The normalized spacial score (nSPS) is 17.0. The average molecular weight is 243 g/mol. The van der Waals surface area contributed by atoms with E-state index in [-0.39, 0.29) is 11.9 Å². The standard InChI is InChI=1S/C14H17N3O/c1-3-9(2)17-12(18)5-4-10-8-16-11-6-7-15-14(17)13(10)11/h6-9,16H,3-5H2,1-2H3. The minimum Gasteiger partial charge on any atom is -0.361 e. The van der Waals surface area contributed by atoms with Crippen LogP contribution in [0.5, 0.6) is 0 Å². The van der Waals surface area contributed by atoms with Crippen molar-refractivity contribution in [3.05, 3.63) is 24.0 Å². The molecule has 1 amide bonds. The molecule has 2 aromatic rings. The maximum atomic E-state index is 12.3. The summed E-state index contributed by atoms with van der Waals surface area (Å²) in [5.74, 6) is 1.00. The van der Waals surface area contributed by atoms with E-state index < -0.39 is 0 Å². The van der Waals surface area contributed by atoms with Crippen LogP contribution in [-0.4, -0.2) is 21.9 Å². The first kappa shape index (κ1) is 11.3. The second-order valence-corrected chi connectivity index (χ2v) is 4.89. The SMILES string of the molecule is CCC(C)N1C(=O)CCc2c[nH]c3ccnc1c23. The van der Waals surface area contributed by atoms with Gasteiger partial charge in [0, 0.05) is 30.2 Å². The van der Waals surface area contributed by atoms with Crippen LogP contribution in [-0.2, 0) is 11.2 Å². The predicted octanol–water partition coefficient (Wildman–Crippen LogP) is 2.64. The Morgan fingerprint density at radius 3 is 3.11 bits per heavy atom. The van der Waals surface area contributed by atoms with Crippen molar-refractivity contribution in [2.45, 2.75) is 39.2 Å². The number of aryl methyl sites for hydroxylation is 1. The maximum Gasteiger partial charge on any atom is 0.228 e. The third-order valence-corrected chi connectivity index (χ3v) is 3.79. The van der Waals surface area contributed by atoms with Crippen LogP contribution in [0.3, 0.4) is 0 Å². The first-order valence-corrected chi connectivity index (χ1v) is 6.49. The number of aromatic nitrogens is 2. The van der Waals surface area contributed by atoms with Crippen LogP contribution in [0.15, 0.2) is 18.5 Å². The first-order chi connectivity index (χ1) is 8.72. The van der Waals surface area contributed by atoms with Crippen molar-refractivity contribution < 1.29 is 4.79 Å². The number of anilines is 1. The summed E-state index contributed by atoms with van der Waals surface area (Å²) in [4.78, 5) is 21.9. The molecule has 0 fully saturated rings. The highest BCUT2D eigenvalue weighted by molar-refractivity contribution is 6.04. The Kier molecular flexibility index (Phi) is 2.58. The largest absolute Gasteiger partial charge is 0.361 e.